The number of nitrogens with zero attached hydrogens (tertiary/aromatic N) is 3. The van der Waals surface area contributed by atoms with Crippen molar-refractivity contribution in [3.05, 3.63) is 90.2 Å². The summed E-state index contributed by atoms with van der Waals surface area (Å²) >= 11 is 1.22. The van der Waals surface area contributed by atoms with Gasteiger partial charge < -0.3 is 5.32 Å². The Morgan fingerprint density at radius 1 is 0.939 bits per heavy atom. The Labute approximate surface area is 194 Å². The number of benzene rings is 3. The van der Waals surface area contributed by atoms with Gasteiger partial charge in [-0.2, -0.15) is 0 Å². The Kier molecular flexibility index (Phi) is 6.65. The fourth-order valence-electron chi connectivity index (χ4n) is 3.29. The average molecular weight is 461 g/mol. The lowest BCUT2D eigenvalue weighted by Crippen LogP contribution is -2.24. The summed E-state index contributed by atoms with van der Waals surface area (Å²) in [4.78, 5) is 24.8. The first-order chi connectivity index (χ1) is 15.9. The van der Waals surface area contributed by atoms with Crippen molar-refractivity contribution in [3.63, 3.8) is 0 Å². The number of carbonyl (C=O) groups is 2. The van der Waals surface area contributed by atoms with Gasteiger partial charge in [0.15, 0.2) is 16.8 Å². The Morgan fingerprint density at radius 3 is 2.30 bits per heavy atom. The van der Waals surface area contributed by atoms with Crippen molar-refractivity contribution in [1.29, 1.82) is 0 Å². The number of anilines is 1. The molecule has 1 N–H and O–H groups in total. The lowest BCUT2D eigenvalue weighted by atomic mass is 10.1. The molecule has 0 spiro atoms. The Bertz CT molecular complexity index is 1290. The van der Waals surface area contributed by atoms with Gasteiger partial charge in [0.25, 0.3) is 0 Å². The van der Waals surface area contributed by atoms with E-state index >= 15 is 0 Å². The molecule has 0 saturated heterocycles. The third kappa shape index (κ3) is 5.01. The van der Waals surface area contributed by atoms with Crippen LogP contribution in [0.3, 0.4) is 0 Å². The van der Waals surface area contributed by atoms with Crippen LogP contribution in [0.5, 0.6) is 0 Å². The molecule has 1 unspecified atom stereocenters. The fourth-order valence-corrected chi connectivity index (χ4v) is 4.16. The van der Waals surface area contributed by atoms with Crippen molar-refractivity contribution in [2.24, 2.45) is 0 Å². The molecule has 4 rings (SSSR count). The van der Waals surface area contributed by atoms with Crippen molar-refractivity contribution in [2.45, 2.75) is 24.3 Å². The van der Waals surface area contributed by atoms with Crippen LogP contribution in [0.2, 0.25) is 0 Å². The molecule has 4 aromatic rings. The van der Waals surface area contributed by atoms with Crippen LogP contribution in [0.1, 0.15) is 24.2 Å². The number of halogens is 1. The predicted molar refractivity (Wildman–Crippen MR) is 127 cm³/mol. The lowest BCUT2D eigenvalue weighted by Gasteiger charge is -2.15. The number of aromatic nitrogens is 3. The largest absolute Gasteiger partial charge is 0.324 e. The van der Waals surface area contributed by atoms with Crippen molar-refractivity contribution < 1.29 is 14.0 Å². The molecule has 1 heterocycles. The van der Waals surface area contributed by atoms with Crippen molar-refractivity contribution in [2.75, 3.05) is 5.32 Å². The van der Waals surface area contributed by atoms with E-state index in [1.54, 1.807) is 47.9 Å². The van der Waals surface area contributed by atoms with Crippen LogP contribution in [0.15, 0.2) is 84.0 Å². The van der Waals surface area contributed by atoms with Crippen LogP contribution in [0.4, 0.5) is 10.1 Å². The van der Waals surface area contributed by atoms with Crippen LogP contribution >= 0.6 is 11.8 Å². The minimum absolute atomic E-state index is 0.130. The summed E-state index contributed by atoms with van der Waals surface area (Å²) in [6.07, 6.45) is 0. The third-order valence-corrected chi connectivity index (χ3v) is 6.01. The van der Waals surface area contributed by atoms with Crippen molar-refractivity contribution in [3.8, 4) is 17.1 Å². The second kappa shape index (κ2) is 9.79. The number of rotatable bonds is 7. The Morgan fingerprint density at radius 2 is 1.61 bits per heavy atom. The number of hydrogen-bond donors (Lipinski definition) is 1. The first kappa shape index (κ1) is 22.4. The molecule has 0 saturated carbocycles. The van der Waals surface area contributed by atoms with Gasteiger partial charge in [0, 0.05) is 16.8 Å². The monoisotopic (exact) mass is 460 g/mol. The summed E-state index contributed by atoms with van der Waals surface area (Å²) in [5.74, 6) is -0.170. The number of carbonyl (C=O) groups excluding carboxylic acids is 2. The Hall–Kier alpha value is -3.78. The molecule has 0 aliphatic heterocycles. The topological polar surface area (TPSA) is 76.9 Å². The van der Waals surface area contributed by atoms with E-state index in [9.17, 15) is 14.0 Å². The van der Waals surface area contributed by atoms with Gasteiger partial charge in [-0.25, -0.2) is 4.39 Å². The number of amides is 1. The minimum Gasteiger partial charge on any atom is -0.324 e. The number of Topliss-reactive ketones (excluding diaryl/α,β-unsaturated/α-hetero) is 1. The van der Waals surface area contributed by atoms with Crippen LogP contribution in [-0.2, 0) is 4.79 Å². The molecule has 0 bridgehead atoms. The molecule has 8 heteroatoms. The van der Waals surface area contributed by atoms with E-state index in [-0.39, 0.29) is 17.5 Å². The van der Waals surface area contributed by atoms with E-state index < -0.39 is 5.25 Å². The molecule has 1 atom stereocenters. The SMILES string of the molecule is CC(=O)c1ccccc1NC(=O)C(C)Sc1nnc(-c2ccccc2)n1-c1ccc(F)cc1. The molecule has 1 aromatic heterocycles. The van der Waals surface area contributed by atoms with E-state index in [0.29, 0.717) is 27.9 Å². The maximum atomic E-state index is 13.5. The molecule has 166 valence electrons. The number of ketones is 1. The van der Waals surface area contributed by atoms with Gasteiger partial charge in [-0.15, -0.1) is 10.2 Å². The summed E-state index contributed by atoms with van der Waals surface area (Å²) in [6, 6.07) is 22.4. The highest BCUT2D eigenvalue weighted by molar-refractivity contribution is 8.00. The second-order valence-electron chi connectivity index (χ2n) is 7.34. The summed E-state index contributed by atoms with van der Waals surface area (Å²) in [5.41, 5.74) is 2.43. The van der Waals surface area contributed by atoms with Crippen LogP contribution in [0.25, 0.3) is 17.1 Å². The maximum Gasteiger partial charge on any atom is 0.237 e. The quantitative estimate of drug-likeness (QED) is 0.295. The van der Waals surface area contributed by atoms with Gasteiger partial charge in [0.2, 0.25) is 5.91 Å². The highest BCUT2D eigenvalue weighted by atomic mass is 32.2. The van der Waals surface area contributed by atoms with Gasteiger partial charge >= 0.3 is 0 Å². The molecule has 1 amide bonds. The van der Waals surface area contributed by atoms with E-state index in [1.807, 2.05) is 30.3 Å². The molecular formula is C25H21FN4O2S. The summed E-state index contributed by atoms with van der Waals surface area (Å²) in [7, 11) is 0. The average Bonchev–Trinajstić information content (AvgIpc) is 3.23. The normalized spacial score (nSPS) is 11.7. The summed E-state index contributed by atoms with van der Waals surface area (Å²) in [5, 5.41) is 11.4. The molecular weight excluding hydrogens is 439 g/mol. The van der Waals surface area contributed by atoms with Crippen LogP contribution in [-0.4, -0.2) is 31.7 Å². The minimum atomic E-state index is -0.544. The van der Waals surface area contributed by atoms with Gasteiger partial charge in [0.05, 0.1) is 10.9 Å². The number of thioether (sulfide) groups is 1. The fraction of sp³-hybridized carbons (Fsp3) is 0.120. The predicted octanol–water partition coefficient (Wildman–Crippen LogP) is 5.40. The zero-order valence-corrected chi connectivity index (χ0v) is 18.8. The Balaban J connectivity index is 1.64. The number of hydrogen-bond acceptors (Lipinski definition) is 5. The first-order valence-corrected chi connectivity index (χ1v) is 11.2. The lowest BCUT2D eigenvalue weighted by molar-refractivity contribution is -0.115. The van der Waals surface area contributed by atoms with Crippen molar-refractivity contribution in [1.82, 2.24) is 14.8 Å². The molecule has 33 heavy (non-hydrogen) atoms. The van der Waals surface area contributed by atoms with E-state index in [4.69, 9.17) is 0 Å². The molecule has 3 aromatic carbocycles. The summed E-state index contributed by atoms with van der Waals surface area (Å²) in [6.45, 7) is 3.21. The highest BCUT2D eigenvalue weighted by Gasteiger charge is 2.23. The van der Waals surface area contributed by atoms with Gasteiger partial charge in [0.1, 0.15) is 5.82 Å². The highest BCUT2D eigenvalue weighted by Crippen LogP contribution is 2.31. The molecule has 0 aliphatic rings. The van der Waals surface area contributed by atoms with Crippen LogP contribution < -0.4 is 5.32 Å². The van der Waals surface area contributed by atoms with E-state index in [0.717, 1.165) is 5.56 Å². The number of para-hydroxylation sites is 1. The van der Waals surface area contributed by atoms with E-state index in [1.165, 1.54) is 30.8 Å². The van der Waals surface area contributed by atoms with Crippen LogP contribution in [0, 0.1) is 5.82 Å². The summed E-state index contributed by atoms with van der Waals surface area (Å²) < 4.78 is 15.3. The first-order valence-electron chi connectivity index (χ1n) is 10.3. The van der Waals surface area contributed by atoms with Crippen molar-refractivity contribution >= 4 is 29.1 Å². The molecule has 6 nitrogen and oxygen atoms in total. The number of nitrogens with one attached hydrogen (secondary N) is 1. The van der Waals surface area contributed by atoms with Gasteiger partial charge in [-0.05, 0) is 50.2 Å². The van der Waals surface area contributed by atoms with Gasteiger partial charge in [-0.1, -0.05) is 54.2 Å². The molecule has 0 aliphatic carbocycles. The second-order valence-corrected chi connectivity index (χ2v) is 8.64. The zero-order valence-electron chi connectivity index (χ0n) is 18.0. The standard InChI is InChI=1S/C25H21FN4O2S/c1-16(31)21-10-6-7-11-22(21)27-24(32)17(2)33-25-29-28-23(18-8-4-3-5-9-18)30(25)20-14-12-19(26)13-15-20/h3-15,17H,1-2H3,(H,27,32). The molecule has 0 radical (unpaired) electrons. The molecule has 0 fully saturated rings. The zero-order chi connectivity index (χ0) is 23.4. The third-order valence-electron chi connectivity index (χ3n) is 4.97. The smallest absolute Gasteiger partial charge is 0.237 e. The van der Waals surface area contributed by atoms with E-state index in [2.05, 4.69) is 15.5 Å². The van der Waals surface area contributed by atoms with Gasteiger partial charge in [-0.3, -0.25) is 14.2 Å². The maximum absolute atomic E-state index is 13.5.